The van der Waals surface area contributed by atoms with Crippen molar-refractivity contribution in [2.45, 2.75) is 316 Å². The van der Waals surface area contributed by atoms with Gasteiger partial charge in [0, 0.05) is 25.7 Å². The van der Waals surface area contributed by atoms with Crippen molar-refractivity contribution in [1.29, 1.82) is 0 Å². The molecule has 19 heteroatoms. The molecular formula is C77H132O17P2. The molecule has 0 aromatic heterocycles. The van der Waals surface area contributed by atoms with E-state index in [9.17, 15) is 43.2 Å². The van der Waals surface area contributed by atoms with E-state index in [0.29, 0.717) is 25.7 Å². The molecule has 0 aromatic rings. The van der Waals surface area contributed by atoms with E-state index >= 15 is 0 Å². The van der Waals surface area contributed by atoms with E-state index in [1.54, 1.807) is 0 Å². The molecule has 0 saturated heterocycles. The van der Waals surface area contributed by atoms with Crippen LogP contribution in [0.5, 0.6) is 0 Å². The van der Waals surface area contributed by atoms with Crippen molar-refractivity contribution in [1.82, 2.24) is 0 Å². The van der Waals surface area contributed by atoms with E-state index in [0.717, 1.165) is 193 Å². The molecule has 0 aliphatic heterocycles. The van der Waals surface area contributed by atoms with Gasteiger partial charge in [-0.3, -0.25) is 37.3 Å². The van der Waals surface area contributed by atoms with Crippen molar-refractivity contribution in [3.63, 3.8) is 0 Å². The molecule has 0 fully saturated rings. The van der Waals surface area contributed by atoms with E-state index in [1.807, 2.05) is 0 Å². The summed E-state index contributed by atoms with van der Waals surface area (Å²) in [4.78, 5) is 72.7. The molecule has 17 nitrogen and oxygen atoms in total. The van der Waals surface area contributed by atoms with Crippen LogP contribution in [0.25, 0.3) is 0 Å². The molecule has 0 aliphatic rings. The lowest BCUT2D eigenvalue weighted by Gasteiger charge is -2.21. The lowest BCUT2D eigenvalue weighted by molar-refractivity contribution is -0.161. The fraction of sp³-hybridized carbons (Fsp3) is 0.714. The van der Waals surface area contributed by atoms with Crippen LogP contribution in [0.1, 0.15) is 297 Å². The third-order valence-electron chi connectivity index (χ3n) is 15.2. The van der Waals surface area contributed by atoms with E-state index in [4.69, 9.17) is 37.0 Å². The molecule has 96 heavy (non-hydrogen) atoms. The van der Waals surface area contributed by atoms with Gasteiger partial charge < -0.3 is 33.8 Å². The molecule has 0 heterocycles. The third kappa shape index (κ3) is 68.3. The number of phosphoric acid groups is 2. The number of esters is 4. The second kappa shape index (κ2) is 69.2. The van der Waals surface area contributed by atoms with Gasteiger partial charge in [0.1, 0.15) is 19.3 Å². The van der Waals surface area contributed by atoms with Crippen LogP contribution in [-0.2, 0) is 65.4 Å². The Morgan fingerprint density at radius 3 is 0.885 bits per heavy atom. The van der Waals surface area contributed by atoms with Gasteiger partial charge in [0.15, 0.2) is 12.2 Å². The maximum absolute atomic E-state index is 13.1. The monoisotopic (exact) mass is 1390 g/mol. The van der Waals surface area contributed by atoms with Gasteiger partial charge in [-0.1, -0.05) is 240 Å². The van der Waals surface area contributed by atoms with Gasteiger partial charge in [0.2, 0.25) is 0 Å². The number of allylic oxidation sites excluding steroid dienone is 18. The molecule has 0 saturated carbocycles. The molecule has 5 atom stereocenters. The van der Waals surface area contributed by atoms with Crippen molar-refractivity contribution in [3.8, 4) is 0 Å². The smallest absolute Gasteiger partial charge is 0.462 e. The SMILES string of the molecule is CC/C=C\C/C=C\C/C=C\CCCCCCCC(=O)OCC(COP(=O)(O)OCC(O)COP(=O)(O)OCC(COC(=O)CCCCCCC/C=C\C/C=C\CCC)OC(=O)CCCCCCC/C=C\CCCCCC)OC(=O)CCCCCCC/C=C\C/C=C\C/C=C\CC. The summed E-state index contributed by atoms with van der Waals surface area (Å²) in [6.45, 7) is 4.50. The minimum Gasteiger partial charge on any atom is -0.462 e. The largest absolute Gasteiger partial charge is 0.472 e. The van der Waals surface area contributed by atoms with Crippen molar-refractivity contribution in [2.75, 3.05) is 39.6 Å². The quantitative estimate of drug-likeness (QED) is 0.0169. The molecule has 0 aliphatic carbocycles. The number of phosphoric ester groups is 2. The number of hydrogen-bond donors (Lipinski definition) is 3. The lowest BCUT2D eigenvalue weighted by Crippen LogP contribution is -2.30. The predicted molar refractivity (Wildman–Crippen MR) is 390 cm³/mol. The molecule has 0 rings (SSSR count). The topological polar surface area (TPSA) is 237 Å². The van der Waals surface area contributed by atoms with Crippen LogP contribution in [0.15, 0.2) is 109 Å². The number of ether oxygens (including phenoxy) is 4. The maximum Gasteiger partial charge on any atom is 0.472 e. The maximum atomic E-state index is 13.1. The minimum atomic E-state index is -4.98. The average molecular weight is 1390 g/mol. The second-order valence-corrected chi connectivity index (χ2v) is 27.4. The Bertz CT molecular complexity index is 2250. The zero-order chi connectivity index (χ0) is 70.4. The van der Waals surface area contributed by atoms with Gasteiger partial charge in [-0.25, -0.2) is 9.13 Å². The van der Waals surface area contributed by atoms with Crippen LogP contribution < -0.4 is 0 Å². The number of carbonyl (C=O) groups excluding carboxylic acids is 4. The Hall–Kier alpha value is -4.28. The fourth-order valence-electron chi connectivity index (χ4n) is 9.57. The number of hydrogen-bond acceptors (Lipinski definition) is 15. The zero-order valence-electron chi connectivity index (χ0n) is 60.0. The van der Waals surface area contributed by atoms with Gasteiger partial charge in [-0.05, 0) is 141 Å². The van der Waals surface area contributed by atoms with Crippen molar-refractivity contribution in [2.24, 2.45) is 0 Å². The summed E-state index contributed by atoms with van der Waals surface area (Å²) in [6, 6.07) is 0. The van der Waals surface area contributed by atoms with Crippen LogP contribution in [0, 0.1) is 0 Å². The summed E-state index contributed by atoms with van der Waals surface area (Å²) in [6.07, 6.45) is 72.3. The zero-order valence-corrected chi connectivity index (χ0v) is 61.8. The van der Waals surface area contributed by atoms with Crippen molar-refractivity contribution in [3.05, 3.63) is 109 Å². The molecule has 0 aromatic carbocycles. The Balaban J connectivity index is 5.38. The number of carbonyl (C=O) groups is 4. The van der Waals surface area contributed by atoms with E-state index in [1.165, 1.54) is 25.7 Å². The highest BCUT2D eigenvalue weighted by atomic mass is 31.2. The normalized spacial score (nSPS) is 14.6. The molecule has 3 N–H and O–H groups in total. The minimum absolute atomic E-state index is 0.0698. The van der Waals surface area contributed by atoms with Gasteiger partial charge in [-0.15, -0.1) is 0 Å². The van der Waals surface area contributed by atoms with Crippen LogP contribution >= 0.6 is 15.6 Å². The summed E-state index contributed by atoms with van der Waals surface area (Å²) < 4.78 is 68.4. The second-order valence-electron chi connectivity index (χ2n) is 24.5. The third-order valence-corrected chi connectivity index (χ3v) is 17.1. The summed E-state index contributed by atoms with van der Waals surface area (Å²) >= 11 is 0. The van der Waals surface area contributed by atoms with Gasteiger partial charge in [0.25, 0.3) is 0 Å². The fourth-order valence-corrected chi connectivity index (χ4v) is 11.2. The first kappa shape index (κ1) is 91.7. The summed E-state index contributed by atoms with van der Waals surface area (Å²) in [5.41, 5.74) is 0. The summed E-state index contributed by atoms with van der Waals surface area (Å²) in [5, 5.41) is 10.6. The van der Waals surface area contributed by atoms with Crippen LogP contribution in [0.2, 0.25) is 0 Å². The molecule has 0 spiro atoms. The Morgan fingerprint density at radius 2 is 0.562 bits per heavy atom. The van der Waals surface area contributed by atoms with Gasteiger partial charge >= 0.3 is 39.5 Å². The van der Waals surface area contributed by atoms with E-state index in [2.05, 4.69) is 137 Å². The molecule has 5 unspecified atom stereocenters. The highest BCUT2D eigenvalue weighted by Gasteiger charge is 2.30. The number of rotatable bonds is 69. The van der Waals surface area contributed by atoms with Gasteiger partial charge in [-0.2, -0.15) is 0 Å². The van der Waals surface area contributed by atoms with Crippen LogP contribution in [0.3, 0.4) is 0 Å². The van der Waals surface area contributed by atoms with E-state index < -0.39 is 97.5 Å². The number of aliphatic hydroxyl groups excluding tert-OH is 1. The predicted octanol–water partition coefficient (Wildman–Crippen LogP) is 21.0. The van der Waals surface area contributed by atoms with Crippen LogP contribution in [0.4, 0.5) is 0 Å². The first-order chi connectivity index (χ1) is 46.7. The number of unbranched alkanes of at least 4 members (excludes halogenated alkanes) is 25. The Morgan fingerprint density at radius 1 is 0.302 bits per heavy atom. The first-order valence-electron chi connectivity index (χ1n) is 37.1. The van der Waals surface area contributed by atoms with Crippen LogP contribution in [-0.4, -0.2) is 96.7 Å². The highest BCUT2D eigenvalue weighted by Crippen LogP contribution is 2.45. The Labute approximate surface area is 581 Å². The summed E-state index contributed by atoms with van der Waals surface area (Å²) in [5.74, 6) is -2.23. The van der Waals surface area contributed by atoms with E-state index in [-0.39, 0.29) is 25.7 Å². The molecular weight excluding hydrogens is 1260 g/mol. The average Bonchev–Trinajstić information content (AvgIpc) is 1.36. The number of aliphatic hydroxyl groups is 1. The Kier molecular flexibility index (Phi) is 66.1. The standard InChI is InChI=1S/C77H132O17P2/c1-5-9-13-17-21-25-29-33-35-39-42-46-50-54-58-62-75(80)88-68-73(94-77(82)64-60-56-52-48-44-40-36-34-30-26-22-18-14-10-6-2)70-92-96(85,86)90-66-71(78)65-89-95(83,84)91-69-72(93-76(81)63-59-55-51-47-43-38-32-28-24-20-16-12-8-4)67-87-74(79)61-57-53-49-45-41-37-31-27-23-19-15-11-7-3/h9-10,13-15,19,21-22,25-28,31-36,71-73,78H,5-8,11-12,16-18,20,23-24,29-30,37-70H2,1-4H3,(H,83,84)(H,85,86)/b13-9-,14-10-,19-15-,25-21-,26-22-,31-27-,32-28-,35-33-,36-34-. The highest BCUT2D eigenvalue weighted by molar-refractivity contribution is 7.47. The van der Waals surface area contributed by atoms with Crippen molar-refractivity contribution >= 4 is 39.5 Å². The molecule has 0 radical (unpaired) electrons. The van der Waals surface area contributed by atoms with Gasteiger partial charge in [0.05, 0.1) is 26.4 Å². The summed E-state index contributed by atoms with van der Waals surface area (Å²) in [7, 11) is -9.96. The molecule has 0 bridgehead atoms. The lowest BCUT2D eigenvalue weighted by atomic mass is 10.1. The molecule has 0 amide bonds. The first-order valence-corrected chi connectivity index (χ1v) is 40.1. The molecule has 552 valence electrons. The van der Waals surface area contributed by atoms with Crippen molar-refractivity contribution < 1.29 is 80.2 Å².